The van der Waals surface area contributed by atoms with Crippen molar-refractivity contribution in [1.82, 2.24) is 25.2 Å². The van der Waals surface area contributed by atoms with E-state index in [1.54, 1.807) is 12.3 Å². The summed E-state index contributed by atoms with van der Waals surface area (Å²) >= 11 is 0. The predicted octanol–water partition coefficient (Wildman–Crippen LogP) is 3.58. The summed E-state index contributed by atoms with van der Waals surface area (Å²) in [6.45, 7) is 1.22. The van der Waals surface area contributed by atoms with Crippen LogP contribution in [0.25, 0.3) is 11.0 Å². The fourth-order valence-electron chi connectivity index (χ4n) is 3.56. The number of pyridine rings is 1. The van der Waals surface area contributed by atoms with Gasteiger partial charge < -0.3 is 15.2 Å². The van der Waals surface area contributed by atoms with Gasteiger partial charge in [-0.15, -0.1) is 0 Å². The zero-order valence-electron chi connectivity index (χ0n) is 15.0. The summed E-state index contributed by atoms with van der Waals surface area (Å²) in [7, 11) is 0. The van der Waals surface area contributed by atoms with Crippen molar-refractivity contribution in [1.29, 1.82) is 0 Å². The number of urea groups is 1. The number of rotatable bonds is 4. The molecule has 2 amide bonds. The van der Waals surface area contributed by atoms with E-state index in [1.165, 1.54) is 12.1 Å². The number of hydrogen-bond donors (Lipinski definition) is 2. The first-order valence-corrected chi connectivity index (χ1v) is 9.30. The molecule has 3 aromatic rings. The number of halogens is 1. The molecule has 4 rings (SSSR count). The molecule has 0 aliphatic carbocycles. The van der Waals surface area contributed by atoms with Gasteiger partial charge in [0.1, 0.15) is 11.6 Å². The van der Waals surface area contributed by atoms with Gasteiger partial charge in [0.2, 0.25) is 0 Å². The average Bonchev–Trinajstić information content (AvgIpc) is 3.12. The maximum atomic E-state index is 13.4. The highest BCUT2D eigenvalue weighted by Crippen LogP contribution is 2.30. The summed E-state index contributed by atoms with van der Waals surface area (Å²) in [5.74, 6) is 0.417. The highest BCUT2D eigenvalue weighted by Gasteiger charge is 2.30. The number of fused-ring (bicyclic) bond motifs is 1. The van der Waals surface area contributed by atoms with Crippen LogP contribution in [-0.2, 0) is 6.42 Å². The number of aromatic nitrogens is 3. The van der Waals surface area contributed by atoms with Crippen LogP contribution in [0.2, 0.25) is 0 Å². The molecule has 1 saturated heterocycles. The molecule has 1 atom stereocenters. The molecule has 0 bridgehead atoms. The minimum absolute atomic E-state index is 0.0951. The molecule has 1 aromatic carbocycles. The van der Waals surface area contributed by atoms with Crippen molar-refractivity contribution in [3.63, 3.8) is 0 Å². The van der Waals surface area contributed by atoms with E-state index in [4.69, 9.17) is 0 Å². The Morgan fingerprint density at radius 1 is 1.30 bits per heavy atom. The molecule has 1 aliphatic heterocycles. The number of benzene rings is 1. The van der Waals surface area contributed by atoms with Crippen molar-refractivity contribution < 1.29 is 9.18 Å². The Balaban J connectivity index is 1.45. The Bertz CT molecular complexity index is 927. The molecule has 3 heterocycles. The molecule has 0 saturated carbocycles. The fraction of sp³-hybridized carbons (Fsp3) is 0.350. The van der Waals surface area contributed by atoms with Crippen LogP contribution in [-0.4, -0.2) is 39.0 Å². The fourth-order valence-corrected chi connectivity index (χ4v) is 3.56. The molecule has 1 unspecified atom stereocenters. The van der Waals surface area contributed by atoms with Gasteiger partial charge in [-0.05, 0) is 49.6 Å². The largest absolute Gasteiger partial charge is 0.340 e. The molecule has 140 valence electrons. The van der Waals surface area contributed by atoms with Crippen molar-refractivity contribution in [2.24, 2.45) is 0 Å². The van der Waals surface area contributed by atoms with Crippen LogP contribution in [0.3, 0.4) is 0 Å². The molecular weight excluding hydrogens is 345 g/mol. The Hall–Kier alpha value is -2.96. The monoisotopic (exact) mass is 367 g/mol. The zero-order chi connectivity index (χ0) is 18.6. The van der Waals surface area contributed by atoms with Gasteiger partial charge in [-0.25, -0.2) is 14.2 Å². The molecule has 2 aromatic heterocycles. The standard InChI is InChI=1S/C20H22FN5O/c21-14-7-8-16-17(13-14)25-19(24-16)18-6-2-4-12-26(18)20(27)23-11-9-15-5-1-3-10-22-15/h1,3,5,7-8,10,13,18H,2,4,6,9,11-12H2,(H,23,27)(H,24,25). The molecule has 27 heavy (non-hydrogen) atoms. The second kappa shape index (κ2) is 7.73. The average molecular weight is 367 g/mol. The number of H-pyrrole nitrogens is 1. The summed E-state index contributed by atoms with van der Waals surface area (Å²) in [6, 6.07) is 10.0. The number of likely N-dealkylation sites (tertiary alicyclic amines) is 1. The third kappa shape index (κ3) is 3.92. The van der Waals surface area contributed by atoms with Crippen molar-refractivity contribution in [3.8, 4) is 0 Å². The van der Waals surface area contributed by atoms with Gasteiger partial charge >= 0.3 is 6.03 Å². The van der Waals surface area contributed by atoms with Crippen LogP contribution in [0.1, 0.15) is 36.8 Å². The van der Waals surface area contributed by atoms with Crippen LogP contribution in [0.4, 0.5) is 9.18 Å². The van der Waals surface area contributed by atoms with Crippen LogP contribution in [0, 0.1) is 5.82 Å². The minimum atomic E-state index is -0.300. The first-order chi connectivity index (χ1) is 13.2. The molecule has 2 N–H and O–H groups in total. The summed E-state index contributed by atoms with van der Waals surface area (Å²) in [5.41, 5.74) is 2.32. The van der Waals surface area contributed by atoms with Crippen LogP contribution < -0.4 is 5.32 Å². The highest BCUT2D eigenvalue weighted by molar-refractivity contribution is 5.76. The van der Waals surface area contributed by atoms with E-state index in [9.17, 15) is 9.18 Å². The predicted molar refractivity (Wildman–Crippen MR) is 101 cm³/mol. The third-order valence-electron chi connectivity index (χ3n) is 4.93. The number of amides is 2. The van der Waals surface area contributed by atoms with Crippen LogP contribution in [0.15, 0.2) is 42.6 Å². The van der Waals surface area contributed by atoms with Gasteiger partial charge in [-0.2, -0.15) is 0 Å². The first kappa shape index (κ1) is 17.5. The number of nitrogens with one attached hydrogen (secondary N) is 2. The first-order valence-electron chi connectivity index (χ1n) is 9.30. The lowest BCUT2D eigenvalue weighted by molar-refractivity contribution is 0.148. The molecule has 0 radical (unpaired) electrons. The summed E-state index contributed by atoms with van der Waals surface area (Å²) in [4.78, 5) is 26.6. The van der Waals surface area contributed by atoms with Crippen molar-refractivity contribution in [2.75, 3.05) is 13.1 Å². The van der Waals surface area contributed by atoms with E-state index < -0.39 is 0 Å². The van der Waals surface area contributed by atoms with E-state index in [0.29, 0.717) is 30.5 Å². The second-order valence-corrected chi connectivity index (χ2v) is 6.79. The summed E-state index contributed by atoms with van der Waals surface area (Å²) in [5, 5.41) is 2.99. The van der Waals surface area contributed by atoms with Gasteiger partial charge in [0.15, 0.2) is 0 Å². The van der Waals surface area contributed by atoms with Gasteiger partial charge in [0, 0.05) is 31.4 Å². The highest BCUT2D eigenvalue weighted by atomic mass is 19.1. The number of hydrogen-bond acceptors (Lipinski definition) is 3. The van der Waals surface area contributed by atoms with Crippen LogP contribution >= 0.6 is 0 Å². The molecule has 1 fully saturated rings. The van der Waals surface area contributed by atoms with E-state index >= 15 is 0 Å². The molecule has 6 nitrogen and oxygen atoms in total. The van der Waals surface area contributed by atoms with Crippen molar-refractivity contribution >= 4 is 17.1 Å². The lowest BCUT2D eigenvalue weighted by Crippen LogP contribution is -2.45. The topological polar surface area (TPSA) is 73.9 Å². The smallest absolute Gasteiger partial charge is 0.318 e. The Morgan fingerprint density at radius 2 is 2.22 bits per heavy atom. The van der Waals surface area contributed by atoms with Gasteiger partial charge in [-0.1, -0.05) is 6.07 Å². The molecule has 1 aliphatic rings. The van der Waals surface area contributed by atoms with Crippen molar-refractivity contribution in [3.05, 3.63) is 59.9 Å². The van der Waals surface area contributed by atoms with Gasteiger partial charge in [0.25, 0.3) is 0 Å². The SMILES string of the molecule is O=C(NCCc1ccccn1)N1CCCCC1c1nc2ccc(F)cc2[nH]1. The maximum Gasteiger partial charge on any atom is 0.318 e. The number of nitrogens with zero attached hydrogens (tertiary/aromatic N) is 3. The van der Waals surface area contributed by atoms with Crippen molar-refractivity contribution in [2.45, 2.75) is 31.7 Å². The normalized spacial score (nSPS) is 17.2. The number of carbonyl (C=O) groups excluding carboxylic acids is 1. The summed E-state index contributed by atoms with van der Waals surface area (Å²) in [6.07, 6.45) is 5.29. The maximum absolute atomic E-state index is 13.4. The molecule has 7 heteroatoms. The number of aromatic amines is 1. The lowest BCUT2D eigenvalue weighted by atomic mass is 10.0. The quantitative estimate of drug-likeness (QED) is 0.740. The number of piperidine rings is 1. The van der Waals surface area contributed by atoms with E-state index in [0.717, 1.165) is 30.8 Å². The number of carbonyl (C=O) groups is 1. The Morgan fingerprint density at radius 3 is 3.07 bits per heavy atom. The Kier molecular flexibility index (Phi) is 5.00. The van der Waals surface area contributed by atoms with Gasteiger partial charge in [-0.3, -0.25) is 4.98 Å². The van der Waals surface area contributed by atoms with Crippen LogP contribution in [0.5, 0.6) is 0 Å². The second-order valence-electron chi connectivity index (χ2n) is 6.79. The molecule has 0 spiro atoms. The Labute approximate surface area is 156 Å². The molecular formula is C20H22FN5O. The zero-order valence-corrected chi connectivity index (χ0v) is 15.0. The lowest BCUT2D eigenvalue weighted by Gasteiger charge is -2.34. The summed E-state index contributed by atoms with van der Waals surface area (Å²) < 4.78 is 13.4. The van der Waals surface area contributed by atoms with E-state index in [-0.39, 0.29) is 17.9 Å². The third-order valence-corrected chi connectivity index (χ3v) is 4.93. The number of imidazole rings is 1. The van der Waals surface area contributed by atoms with E-state index in [1.807, 2.05) is 23.1 Å². The van der Waals surface area contributed by atoms with E-state index in [2.05, 4.69) is 20.3 Å². The van der Waals surface area contributed by atoms with Gasteiger partial charge in [0.05, 0.1) is 17.1 Å². The minimum Gasteiger partial charge on any atom is -0.340 e.